The molecule has 0 spiro atoms. The molecule has 7 nitrogen and oxygen atoms in total. The van der Waals surface area contributed by atoms with Gasteiger partial charge >= 0.3 is 6.18 Å². The van der Waals surface area contributed by atoms with Crippen LogP contribution in [0.4, 0.5) is 13.2 Å². The molecule has 0 saturated carbocycles. The Kier molecular flexibility index (Phi) is 5.27. The largest absolute Gasteiger partial charge is 0.408 e. The number of hydrogen-bond acceptors (Lipinski definition) is 4. The van der Waals surface area contributed by atoms with Crippen LogP contribution in [-0.2, 0) is 29.5 Å². The SMILES string of the molecule is Cc1nn(CC(F)(F)F)c(C)c1C1COCCN1C(=O)Cc1cncn1C. The summed E-state index contributed by atoms with van der Waals surface area (Å²) in [5.41, 5.74) is 2.27. The average molecular weight is 385 g/mol. The van der Waals surface area contributed by atoms with Crippen molar-refractivity contribution in [3.05, 3.63) is 35.2 Å². The van der Waals surface area contributed by atoms with Crippen LogP contribution < -0.4 is 0 Å². The van der Waals surface area contributed by atoms with Crippen LogP contribution >= 0.6 is 0 Å². The van der Waals surface area contributed by atoms with Gasteiger partial charge in [0.15, 0.2) is 0 Å². The minimum Gasteiger partial charge on any atom is -0.377 e. The van der Waals surface area contributed by atoms with E-state index >= 15 is 0 Å². The Hall–Kier alpha value is -2.36. The van der Waals surface area contributed by atoms with E-state index in [1.807, 2.05) is 7.05 Å². The second-order valence-corrected chi connectivity index (χ2v) is 6.71. The van der Waals surface area contributed by atoms with Crippen molar-refractivity contribution in [3.63, 3.8) is 0 Å². The van der Waals surface area contributed by atoms with Crippen LogP contribution in [0.25, 0.3) is 0 Å². The lowest BCUT2D eigenvalue weighted by molar-refractivity contribution is -0.143. The van der Waals surface area contributed by atoms with Gasteiger partial charge in [0, 0.05) is 36.7 Å². The minimum absolute atomic E-state index is 0.116. The summed E-state index contributed by atoms with van der Waals surface area (Å²) < 4.78 is 46.6. The smallest absolute Gasteiger partial charge is 0.377 e. The first-order valence-corrected chi connectivity index (χ1v) is 8.60. The molecule has 1 unspecified atom stereocenters. The maximum Gasteiger partial charge on any atom is 0.408 e. The van der Waals surface area contributed by atoms with Gasteiger partial charge in [0.1, 0.15) is 6.54 Å². The molecule has 0 N–H and O–H groups in total. The molecule has 0 aliphatic carbocycles. The highest BCUT2D eigenvalue weighted by Crippen LogP contribution is 2.31. The number of halogens is 3. The Morgan fingerprint density at radius 1 is 1.37 bits per heavy atom. The summed E-state index contributed by atoms with van der Waals surface area (Å²) in [6, 6.07) is -0.457. The van der Waals surface area contributed by atoms with Gasteiger partial charge in [-0.2, -0.15) is 18.3 Å². The number of carbonyl (C=O) groups is 1. The fourth-order valence-corrected chi connectivity index (χ4v) is 3.47. The van der Waals surface area contributed by atoms with Crippen LogP contribution in [0, 0.1) is 13.8 Å². The summed E-state index contributed by atoms with van der Waals surface area (Å²) in [5, 5.41) is 4.04. The predicted molar refractivity (Wildman–Crippen MR) is 89.9 cm³/mol. The molecule has 1 aliphatic rings. The van der Waals surface area contributed by atoms with E-state index in [0.717, 1.165) is 10.4 Å². The quantitative estimate of drug-likeness (QED) is 0.807. The monoisotopic (exact) mass is 385 g/mol. The zero-order valence-electron chi connectivity index (χ0n) is 15.5. The molecule has 3 heterocycles. The van der Waals surface area contributed by atoms with Gasteiger partial charge in [0.2, 0.25) is 5.91 Å². The van der Waals surface area contributed by atoms with E-state index in [-0.39, 0.29) is 18.9 Å². The van der Waals surface area contributed by atoms with Gasteiger partial charge in [0.05, 0.1) is 37.7 Å². The molecule has 1 atom stereocenters. The lowest BCUT2D eigenvalue weighted by atomic mass is 10.0. The number of aromatic nitrogens is 4. The van der Waals surface area contributed by atoms with Crippen molar-refractivity contribution in [2.75, 3.05) is 19.8 Å². The number of amides is 1. The molecule has 1 saturated heterocycles. The molecule has 2 aromatic heterocycles. The Morgan fingerprint density at radius 2 is 2.11 bits per heavy atom. The fraction of sp³-hybridized carbons (Fsp3) is 0.588. The number of morpholine rings is 1. The van der Waals surface area contributed by atoms with E-state index in [4.69, 9.17) is 4.74 Å². The third-order valence-corrected chi connectivity index (χ3v) is 4.80. The number of nitrogens with zero attached hydrogens (tertiary/aromatic N) is 5. The molecular formula is C17H22F3N5O2. The van der Waals surface area contributed by atoms with E-state index in [0.29, 0.717) is 30.1 Å². The van der Waals surface area contributed by atoms with Crippen LogP contribution in [0.1, 0.15) is 28.7 Å². The van der Waals surface area contributed by atoms with E-state index in [1.54, 1.807) is 35.8 Å². The maximum absolute atomic E-state index is 12.9. The van der Waals surface area contributed by atoms with Crippen molar-refractivity contribution in [2.45, 2.75) is 39.0 Å². The molecule has 0 bridgehead atoms. The van der Waals surface area contributed by atoms with E-state index in [9.17, 15) is 18.0 Å². The Balaban J connectivity index is 1.87. The van der Waals surface area contributed by atoms with Gasteiger partial charge in [-0.1, -0.05) is 0 Å². The van der Waals surface area contributed by atoms with Crippen LogP contribution in [0.3, 0.4) is 0 Å². The first kappa shape index (κ1) is 19.4. The number of aryl methyl sites for hydroxylation is 2. The zero-order valence-corrected chi connectivity index (χ0v) is 15.5. The molecule has 3 rings (SSSR count). The maximum atomic E-state index is 12.9. The van der Waals surface area contributed by atoms with E-state index in [2.05, 4.69) is 10.1 Å². The van der Waals surface area contributed by atoms with Crippen LogP contribution in [0.15, 0.2) is 12.5 Å². The molecule has 0 radical (unpaired) electrons. The molecule has 1 aliphatic heterocycles. The van der Waals surface area contributed by atoms with Crippen molar-refractivity contribution in [3.8, 4) is 0 Å². The van der Waals surface area contributed by atoms with Gasteiger partial charge in [-0.3, -0.25) is 9.48 Å². The van der Waals surface area contributed by atoms with Crippen LogP contribution in [0.5, 0.6) is 0 Å². The summed E-state index contributed by atoms with van der Waals surface area (Å²) in [7, 11) is 1.81. The molecule has 1 amide bonds. The molecule has 148 valence electrons. The fourth-order valence-electron chi connectivity index (χ4n) is 3.47. The van der Waals surface area contributed by atoms with Crippen LogP contribution in [0.2, 0.25) is 0 Å². The van der Waals surface area contributed by atoms with Gasteiger partial charge < -0.3 is 14.2 Å². The van der Waals surface area contributed by atoms with Crippen molar-refractivity contribution >= 4 is 5.91 Å². The topological polar surface area (TPSA) is 65.2 Å². The Morgan fingerprint density at radius 3 is 2.74 bits per heavy atom. The van der Waals surface area contributed by atoms with E-state index < -0.39 is 18.8 Å². The Labute approximate surface area is 154 Å². The van der Waals surface area contributed by atoms with Crippen LogP contribution in [-0.4, -0.2) is 56.1 Å². The summed E-state index contributed by atoms with van der Waals surface area (Å²) in [5.74, 6) is -0.116. The Bertz CT molecular complexity index is 827. The highest BCUT2D eigenvalue weighted by atomic mass is 19.4. The van der Waals surface area contributed by atoms with Gasteiger partial charge in [-0.15, -0.1) is 0 Å². The summed E-state index contributed by atoms with van der Waals surface area (Å²) in [6.07, 6.45) is -0.944. The summed E-state index contributed by atoms with van der Waals surface area (Å²) in [6.45, 7) is 3.10. The molecule has 1 fully saturated rings. The van der Waals surface area contributed by atoms with Crippen molar-refractivity contribution < 1.29 is 22.7 Å². The van der Waals surface area contributed by atoms with Gasteiger partial charge in [-0.25, -0.2) is 4.98 Å². The number of imidazole rings is 1. The molecule has 0 aromatic carbocycles. The number of rotatable bonds is 4. The molecule has 27 heavy (non-hydrogen) atoms. The highest BCUT2D eigenvalue weighted by Gasteiger charge is 2.35. The number of hydrogen-bond donors (Lipinski definition) is 0. The van der Waals surface area contributed by atoms with Crippen molar-refractivity contribution in [2.24, 2.45) is 7.05 Å². The summed E-state index contributed by atoms with van der Waals surface area (Å²) in [4.78, 5) is 18.6. The normalized spacial score (nSPS) is 18.1. The lowest BCUT2D eigenvalue weighted by Gasteiger charge is -2.36. The third kappa shape index (κ3) is 4.15. The first-order valence-electron chi connectivity index (χ1n) is 8.60. The molecule has 2 aromatic rings. The predicted octanol–water partition coefficient (Wildman–Crippen LogP) is 1.94. The number of carbonyl (C=O) groups excluding carboxylic acids is 1. The van der Waals surface area contributed by atoms with Gasteiger partial charge in [0.25, 0.3) is 0 Å². The second kappa shape index (κ2) is 7.34. The minimum atomic E-state index is -4.36. The first-order chi connectivity index (χ1) is 12.7. The lowest BCUT2D eigenvalue weighted by Crippen LogP contribution is -2.44. The van der Waals surface area contributed by atoms with E-state index in [1.165, 1.54) is 0 Å². The van der Waals surface area contributed by atoms with Crippen molar-refractivity contribution in [1.82, 2.24) is 24.2 Å². The standard InChI is InChI=1S/C17H22F3N5O2/c1-11-16(12(2)25(22-11)9-17(18,19)20)14-8-27-5-4-24(14)15(26)6-13-7-21-10-23(13)3/h7,10,14H,4-6,8-9H2,1-3H3. The molecular weight excluding hydrogens is 363 g/mol. The average Bonchev–Trinajstić information content (AvgIpc) is 3.09. The summed E-state index contributed by atoms with van der Waals surface area (Å²) >= 11 is 0. The zero-order chi connectivity index (χ0) is 19.8. The third-order valence-electron chi connectivity index (χ3n) is 4.80. The van der Waals surface area contributed by atoms with Gasteiger partial charge in [-0.05, 0) is 13.8 Å². The number of ether oxygens (including phenoxy) is 1. The molecule has 10 heteroatoms. The highest BCUT2D eigenvalue weighted by molar-refractivity contribution is 5.79. The number of alkyl halides is 3. The van der Waals surface area contributed by atoms with Crippen molar-refractivity contribution in [1.29, 1.82) is 0 Å². The second-order valence-electron chi connectivity index (χ2n) is 6.71.